The maximum atomic E-state index is 13.1. The van der Waals surface area contributed by atoms with Crippen LogP contribution in [0.25, 0.3) is 11.5 Å². The van der Waals surface area contributed by atoms with Crippen LogP contribution in [0, 0.1) is 12.8 Å². The number of nitrogens with zero attached hydrogens (tertiary/aromatic N) is 2. The van der Waals surface area contributed by atoms with Gasteiger partial charge in [-0.25, -0.2) is 4.98 Å². The molecule has 4 rings (SSSR count). The Morgan fingerprint density at radius 3 is 2.67 bits per heavy atom. The molecule has 0 unspecified atom stereocenters. The van der Waals surface area contributed by atoms with Gasteiger partial charge in [0, 0.05) is 47.1 Å². The third-order valence-corrected chi connectivity index (χ3v) is 7.49. The molecule has 0 saturated heterocycles. The Morgan fingerprint density at radius 1 is 1.28 bits per heavy atom. The van der Waals surface area contributed by atoms with Gasteiger partial charge < -0.3 is 14.4 Å². The number of carbonyl (C=O) groups excluding carboxylic acids is 2. The first-order valence-electron chi connectivity index (χ1n) is 12.1. The number of carboxylic acids is 1. The molecule has 0 radical (unpaired) electrons. The predicted octanol–water partition coefficient (Wildman–Crippen LogP) is 2.66. The topological polar surface area (TPSA) is 96.1 Å². The zero-order valence-electron chi connectivity index (χ0n) is 21.3. The minimum atomic E-state index is -1.14. The minimum absolute atomic E-state index is 0. The summed E-state index contributed by atoms with van der Waals surface area (Å²) in [6, 6.07) is 5.64. The average Bonchev–Trinajstić information content (AvgIpc) is 3.36. The number of aliphatic carboxylic acids is 1. The standard InChI is InChI=1S/C27H31ClN2O4S.Na/c1-15(2)10-23-29-22(14-35-23)27-25(17-6-7-17)26(30-34-27)19(8-9-24(32)33)13-20(31)12-18-5-4-16(3)11-21(18)28;/h4-5,11,14-15,17,19H,6-10,12-13H2,1-3H3,(H,32,33);/q;+1/p-1/t19-;/m0./s1. The second kappa shape index (κ2) is 12.8. The van der Waals surface area contributed by atoms with Gasteiger partial charge in [0.25, 0.3) is 0 Å². The van der Waals surface area contributed by atoms with Crippen LogP contribution < -0.4 is 34.7 Å². The predicted molar refractivity (Wildman–Crippen MR) is 135 cm³/mol. The monoisotopic (exact) mass is 536 g/mol. The largest absolute Gasteiger partial charge is 1.00 e. The van der Waals surface area contributed by atoms with Crippen molar-refractivity contribution in [1.29, 1.82) is 0 Å². The molecule has 0 amide bonds. The second-order valence-corrected chi connectivity index (χ2v) is 11.3. The summed E-state index contributed by atoms with van der Waals surface area (Å²) in [6.07, 6.45) is 3.40. The van der Waals surface area contributed by atoms with E-state index < -0.39 is 5.97 Å². The molecule has 3 aromatic rings. The number of hydrogen-bond donors (Lipinski definition) is 0. The van der Waals surface area contributed by atoms with Crippen molar-refractivity contribution in [3.63, 3.8) is 0 Å². The van der Waals surface area contributed by atoms with Crippen LogP contribution in [0.4, 0.5) is 0 Å². The summed E-state index contributed by atoms with van der Waals surface area (Å²) >= 11 is 7.95. The van der Waals surface area contributed by atoms with Crippen LogP contribution in [0.2, 0.25) is 5.02 Å². The third kappa shape index (κ3) is 7.51. The van der Waals surface area contributed by atoms with Gasteiger partial charge in [0.2, 0.25) is 0 Å². The zero-order valence-corrected chi connectivity index (χ0v) is 24.9. The van der Waals surface area contributed by atoms with Gasteiger partial charge in [-0.1, -0.05) is 42.7 Å². The average molecular weight is 537 g/mol. The zero-order chi connectivity index (χ0) is 25.1. The SMILES string of the molecule is Cc1ccc(CC(=O)C[C@H](CCC(=O)[O-])c2noc(-c3csc(CC(C)C)n3)c2C2CC2)c(Cl)c1.[Na+]. The molecule has 0 aliphatic heterocycles. The molecule has 1 atom stereocenters. The molecule has 1 saturated carbocycles. The summed E-state index contributed by atoms with van der Waals surface area (Å²) in [4.78, 5) is 29.1. The Bertz CT molecular complexity index is 1220. The number of aryl methyl sites for hydroxylation is 1. The quantitative estimate of drug-likeness (QED) is 0.330. The van der Waals surface area contributed by atoms with Gasteiger partial charge in [-0.05, 0) is 61.6 Å². The number of hydrogen-bond acceptors (Lipinski definition) is 7. The normalized spacial score (nSPS) is 14.0. The van der Waals surface area contributed by atoms with Gasteiger partial charge in [-0.15, -0.1) is 11.3 Å². The molecule has 1 fully saturated rings. The van der Waals surface area contributed by atoms with E-state index in [0.29, 0.717) is 28.3 Å². The number of aromatic nitrogens is 2. The summed E-state index contributed by atoms with van der Waals surface area (Å²) in [5.41, 5.74) is 4.23. The summed E-state index contributed by atoms with van der Waals surface area (Å²) in [6.45, 7) is 6.26. The molecule has 36 heavy (non-hydrogen) atoms. The summed E-state index contributed by atoms with van der Waals surface area (Å²) in [5.74, 6) is -0.0672. The van der Waals surface area contributed by atoms with Crippen LogP contribution in [0.3, 0.4) is 0 Å². The molecule has 0 bridgehead atoms. The minimum Gasteiger partial charge on any atom is -0.550 e. The van der Waals surface area contributed by atoms with Gasteiger partial charge >= 0.3 is 29.6 Å². The Hall–Kier alpha value is -1.51. The number of carbonyl (C=O) groups is 2. The van der Waals surface area contributed by atoms with E-state index in [9.17, 15) is 14.7 Å². The molecule has 186 valence electrons. The molecule has 6 nitrogen and oxygen atoms in total. The molecular formula is C27H30ClN2NaO4S. The van der Waals surface area contributed by atoms with Crippen molar-refractivity contribution in [1.82, 2.24) is 10.1 Å². The number of ketones is 1. The molecule has 9 heteroatoms. The first-order chi connectivity index (χ1) is 16.7. The van der Waals surface area contributed by atoms with Crippen LogP contribution >= 0.6 is 22.9 Å². The number of rotatable bonds is 12. The third-order valence-electron chi connectivity index (χ3n) is 6.26. The van der Waals surface area contributed by atoms with Crippen molar-refractivity contribution in [3.05, 3.63) is 56.0 Å². The van der Waals surface area contributed by atoms with Gasteiger partial charge in [-0.3, -0.25) is 4.79 Å². The maximum absolute atomic E-state index is 13.1. The van der Waals surface area contributed by atoms with Crippen molar-refractivity contribution >= 4 is 34.7 Å². The van der Waals surface area contributed by atoms with E-state index in [4.69, 9.17) is 21.1 Å². The molecule has 1 aliphatic carbocycles. The smallest absolute Gasteiger partial charge is 0.550 e. The van der Waals surface area contributed by atoms with Crippen LogP contribution in [0.1, 0.15) is 85.2 Å². The van der Waals surface area contributed by atoms with Gasteiger partial charge in [0.15, 0.2) is 5.76 Å². The van der Waals surface area contributed by atoms with Crippen LogP contribution in [-0.4, -0.2) is 21.9 Å². The van der Waals surface area contributed by atoms with Crippen molar-refractivity contribution in [2.75, 3.05) is 0 Å². The summed E-state index contributed by atoms with van der Waals surface area (Å²) in [5, 5.41) is 19.3. The maximum Gasteiger partial charge on any atom is 1.00 e. The molecule has 2 aromatic heterocycles. The molecule has 0 spiro atoms. The van der Waals surface area contributed by atoms with Crippen molar-refractivity contribution in [2.24, 2.45) is 5.92 Å². The molecule has 0 N–H and O–H groups in total. The van der Waals surface area contributed by atoms with E-state index in [-0.39, 0.29) is 66.9 Å². The van der Waals surface area contributed by atoms with E-state index in [2.05, 4.69) is 19.0 Å². The van der Waals surface area contributed by atoms with E-state index >= 15 is 0 Å². The van der Waals surface area contributed by atoms with Crippen molar-refractivity contribution in [3.8, 4) is 11.5 Å². The first kappa shape index (κ1) is 29.1. The molecule has 1 aromatic carbocycles. The fourth-order valence-corrected chi connectivity index (χ4v) is 5.69. The van der Waals surface area contributed by atoms with Gasteiger partial charge in [0.05, 0.1) is 10.7 Å². The van der Waals surface area contributed by atoms with Crippen LogP contribution in [0.15, 0.2) is 28.1 Å². The van der Waals surface area contributed by atoms with Gasteiger partial charge in [-0.2, -0.15) is 0 Å². The molecule has 2 heterocycles. The Labute approximate surface area is 243 Å². The molecule has 1 aliphatic rings. The van der Waals surface area contributed by atoms with Crippen LogP contribution in [-0.2, 0) is 22.4 Å². The van der Waals surface area contributed by atoms with Crippen molar-refractivity contribution in [2.45, 2.75) is 77.6 Å². The van der Waals surface area contributed by atoms with Gasteiger partial charge in [0.1, 0.15) is 11.5 Å². The molecular weight excluding hydrogens is 507 g/mol. The first-order valence-corrected chi connectivity index (χ1v) is 13.4. The fourth-order valence-electron chi connectivity index (χ4n) is 4.40. The van der Waals surface area contributed by atoms with Crippen molar-refractivity contribution < 1.29 is 48.8 Å². The Kier molecular flexibility index (Phi) is 10.4. The number of halogens is 1. The van der Waals surface area contributed by atoms with E-state index in [0.717, 1.165) is 46.7 Å². The Morgan fingerprint density at radius 2 is 2.03 bits per heavy atom. The van der Waals surface area contributed by atoms with E-state index in [1.807, 2.05) is 30.5 Å². The number of benzene rings is 1. The number of Topliss-reactive ketones (excluding diaryl/α,β-unsaturated/α-hetero) is 1. The number of thiazole rings is 1. The van der Waals surface area contributed by atoms with Crippen LogP contribution in [0.5, 0.6) is 0 Å². The second-order valence-electron chi connectivity index (χ2n) is 9.93. The van der Waals surface area contributed by atoms with E-state index in [1.54, 1.807) is 11.3 Å². The Balaban J connectivity index is 0.00000361. The summed E-state index contributed by atoms with van der Waals surface area (Å²) in [7, 11) is 0. The fraction of sp³-hybridized carbons (Fsp3) is 0.481. The van der Waals surface area contributed by atoms with E-state index in [1.165, 1.54) is 0 Å². The summed E-state index contributed by atoms with van der Waals surface area (Å²) < 4.78 is 5.82. The number of carboxylic acid groups (broad SMARTS) is 1.